The molecule has 0 aliphatic carbocycles. The lowest BCUT2D eigenvalue weighted by Crippen LogP contribution is -2.41. The molecule has 1 amide bonds. The number of methoxy groups -OCH3 is 1. The third kappa shape index (κ3) is 5.73. The van der Waals surface area contributed by atoms with E-state index in [2.05, 4.69) is 5.32 Å². The fourth-order valence-corrected chi connectivity index (χ4v) is 2.77. The zero-order chi connectivity index (χ0) is 15.9. The Hall–Kier alpha value is -1.60. The fraction of sp³-hybridized carbons (Fsp3) is 0.500. The number of amides is 1. The summed E-state index contributed by atoms with van der Waals surface area (Å²) in [6.07, 6.45) is 1.78. The number of hydrogen-bond donors (Lipinski definition) is 1. The maximum atomic E-state index is 11.9. The fourth-order valence-electron chi connectivity index (χ4n) is 1.85. The summed E-state index contributed by atoms with van der Waals surface area (Å²) in [6.45, 7) is 2.59. The Morgan fingerprint density at radius 2 is 2.00 bits per heavy atom. The number of para-hydroxylation sites is 1. The summed E-state index contributed by atoms with van der Waals surface area (Å²) in [4.78, 5) is 11.9. The minimum atomic E-state index is -3.52. The van der Waals surface area contributed by atoms with Crippen LogP contribution in [0.2, 0.25) is 0 Å². The Labute approximate surface area is 126 Å². The van der Waals surface area contributed by atoms with Gasteiger partial charge in [-0.05, 0) is 25.0 Å². The standard InChI is InChI=1S/C14H22N2O4S/c1-12-7-4-5-8-13(12)16(21(3,18)19)11-14(17)15-9-6-10-20-2/h4-5,7-8H,6,9-11H2,1-3H3,(H,15,17). The highest BCUT2D eigenvalue weighted by Gasteiger charge is 2.21. The van der Waals surface area contributed by atoms with Crippen LogP contribution >= 0.6 is 0 Å². The van der Waals surface area contributed by atoms with Crippen LogP contribution in [0, 0.1) is 6.92 Å². The second-order valence-corrected chi connectivity index (χ2v) is 6.66. The van der Waals surface area contributed by atoms with E-state index in [-0.39, 0.29) is 12.5 Å². The van der Waals surface area contributed by atoms with Crippen LogP contribution in [0.3, 0.4) is 0 Å². The minimum Gasteiger partial charge on any atom is -0.385 e. The van der Waals surface area contributed by atoms with E-state index in [1.165, 1.54) is 0 Å². The second kappa shape index (κ2) is 7.99. The molecular formula is C14H22N2O4S. The average Bonchev–Trinajstić information content (AvgIpc) is 2.41. The van der Waals surface area contributed by atoms with Crippen LogP contribution in [-0.2, 0) is 19.6 Å². The lowest BCUT2D eigenvalue weighted by Gasteiger charge is -2.23. The molecule has 0 bridgehead atoms. The van der Waals surface area contributed by atoms with Gasteiger partial charge in [0.2, 0.25) is 15.9 Å². The lowest BCUT2D eigenvalue weighted by atomic mass is 10.2. The first-order chi connectivity index (χ1) is 9.86. The molecule has 0 spiro atoms. The van der Waals surface area contributed by atoms with Crippen molar-refractivity contribution in [2.45, 2.75) is 13.3 Å². The van der Waals surface area contributed by atoms with Crippen molar-refractivity contribution in [1.29, 1.82) is 0 Å². The third-order valence-corrected chi connectivity index (χ3v) is 4.05. The van der Waals surface area contributed by atoms with Crippen LogP contribution in [-0.4, -0.2) is 47.4 Å². The Bertz CT molecular complexity index is 572. The van der Waals surface area contributed by atoms with E-state index >= 15 is 0 Å². The lowest BCUT2D eigenvalue weighted by molar-refractivity contribution is -0.119. The topological polar surface area (TPSA) is 75.7 Å². The molecule has 0 heterocycles. The summed E-state index contributed by atoms with van der Waals surface area (Å²) in [5, 5.41) is 2.68. The van der Waals surface area contributed by atoms with Gasteiger partial charge in [-0.1, -0.05) is 18.2 Å². The smallest absolute Gasteiger partial charge is 0.240 e. The van der Waals surface area contributed by atoms with E-state index < -0.39 is 10.0 Å². The number of ether oxygens (including phenoxy) is 1. The van der Waals surface area contributed by atoms with Crippen molar-refractivity contribution in [3.63, 3.8) is 0 Å². The monoisotopic (exact) mass is 314 g/mol. The first-order valence-corrected chi connectivity index (χ1v) is 8.50. The number of anilines is 1. The van der Waals surface area contributed by atoms with Gasteiger partial charge >= 0.3 is 0 Å². The third-order valence-electron chi connectivity index (χ3n) is 2.92. The van der Waals surface area contributed by atoms with Gasteiger partial charge in [0, 0.05) is 20.3 Å². The van der Waals surface area contributed by atoms with Crippen molar-refractivity contribution in [3.05, 3.63) is 29.8 Å². The molecule has 1 aromatic carbocycles. The molecule has 0 saturated carbocycles. The molecule has 1 N–H and O–H groups in total. The zero-order valence-electron chi connectivity index (χ0n) is 12.6. The van der Waals surface area contributed by atoms with Crippen LogP contribution < -0.4 is 9.62 Å². The van der Waals surface area contributed by atoms with Gasteiger partial charge in [-0.3, -0.25) is 9.10 Å². The van der Waals surface area contributed by atoms with Crippen molar-refractivity contribution in [2.75, 3.05) is 37.4 Å². The van der Waals surface area contributed by atoms with Gasteiger partial charge in [0.1, 0.15) is 6.54 Å². The van der Waals surface area contributed by atoms with Gasteiger partial charge in [-0.15, -0.1) is 0 Å². The average molecular weight is 314 g/mol. The molecule has 6 nitrogen and oxygen atoms in total. The van der Waals surface area contributed by atoms with Crippen molar-refractivity contribution >= 4 is 21.6 Å². The highest BCUT2D eigenvalue weighted by atomic mass is 32.2. The molecular weight excluding hydrogens is 292 g/mol. The summed E-state index contributed by atoms with van der Waals surface area (Å²) < 4.78 is 29.8. The number of carbonyl (C=O) groups excluding carboxylic acids is 1. The van der Waals surface area contributed by atoms with E-state index in [0.29, 0.717) is 25.3 Å². The van der Waals surface area contributed by atoms with Crippen molar-refractivity contribution in [1.82, 2.24) is 5.32 Å². The van der Waals surface area contributed by atoms with E-state index in [1.807, 2.05) is 19.1 Å². The van der Waals surface area contributed by atoms with Crippen LogP contribution in [0.4, 0.5) is 5.69 Å². The molecule has 1 rings (SSSR count). The summed E-state index contributed by atoms with van der Waals surface area (Å²) in [7, 11) is -1.93. The minimum absolute atomic E-state index is 0.226. The van der Waals surface area contributed by atoms with Crippen LogP contribution in [0.1, 0.15) is 12.0 Å². The van der Waals surface area contributed by atoms with Gasteiger partial charge in [-0.25, -0.2) is 8.42 Å². The highest BCUT2D eigenvalue weighted by molar-refractivity contribution is 7.92. The number of aryl methyl sites for hydroxylation is 1. The summed E-state index contributed by atoms with van der Waals surface area (Å²) in [6, 6.07) is 7.07. The number of rotatable bonds is 8. The molecule has 21 heavy (non-hydrogen) atoms. The highest BCUT2D eigenvalue weighted by Crippen LogP contribution is 2.21. The zero-order valence-corrected chi connectivity index (χ0v) is 13.4. The van der Waals surface area contributed by atoms with Crippen LogP contribution in [0.25, 0.3) is 0 Å². The van der Waals surface area contributed by atoms with Gasteiger partial charge in [-0.2, -0.15) is 0 Å². The molecule has 7 heteroatoms. The first kappa shape index (κ1) is 17.5. The molecule has 118 valence electrons. The molecule has 0 radical (unpaired) electrons. The predicted molar refractivity (Wildman–Crippen MR) is 82.9 cm³/mol. The maximum Gasteiger partial charge on any atom is 0.240 e. The maximum absolute atomic E-state index is 11.9. The quantitative estimate of drug-likeness (QED) is 0.724. The Morgan fingerprint density at radius 3 is 2.57 bits per heavy atom. The number of nitrogens with zero attached hydrogens (tertiary/aromatic N) is 1. The Kier molecular flexibility index (Phi) is 6.64. The molecule has 0 atom stereocenters. The largest absolute Gasteiger partial charge is 0.385 e. The van der Waals surface area contributed by atoms with Gasteiger partial charge < -0.3 is 10.1 Å². The molecule has 0 aromatic heterocycles. The van der Waals surface area contributed by atoms with Gasteiger partial charge in [0.25, 0.3) is 0 Å². The van der Waals surface area contributed by atoms with E-state index in [4.69, 9.17) is 4.74 Å². The Balaban J connectivity index is 2.78. The van der Waals surface area contributed by atoms with Crippen LogP contribution in [0.15, 0.2) is 24.3 Å². The molecule has 1 aromatic rings. The number of carbonyl (C=O) groups is 1. The predicted octanol–water partition coefficient (Wildman–Crippen LogP) is 0.914. The first-order valence-electron chi connectivity index (χ1n) is 6.65. The summed E-state index contributed by atoms with van der Waals surface area (Å²) in [5.74, 6) is -0.334. The number of nitrogens with one attached hydrogen (secondary N) is 1. The summed E-state index contributed by atoms with van der Waals surface area (Å²) in [5.41, 5.74) is 1.32. The van der Waals surface area contributed by atoms with Crippen molar-refractivity contribution in [3.8, 4) is 0 Å². The number of hydrogen-bond acceptors (Lipinski definition) is 4. The van der Waals surface area contributed by atoms with E-state index in [9.17, 15) is 13.2 Å². The summed E-state index contributed by atoms with van der Waals surface area (Å²) >= 11 is 0. The van der Waals surface area contributed by atoms with E-state index in [0.717, 1.165) is 16.1 Å². The molecule has 0 unspecified atom stereocenters. The van der Waals surface area contributed by atoms with E-state index in [1.54, 1.807) is 19.2 Å². The second-order valence-electron chi connectivity index (χ2n) is 4.75. The number of sulfonamides is 1. The van der Waals surface area contributed by atoms with Crippen molar-refractivity contribution in [2.24, 2.45) is 0 Å². The normalized spacial score (nSPS) is 11.2. The van der Waals surface area contributed by atoms with Crippen LogP contribution in [0.5, 0.6) is 0 Å². The SMILES string of the molecule is COCCCNC(=O)CN(c1ccccc1C)S(C)(=O)=O. The molecule has 0 aliphatic rings. The molecule has 0 fully saturated rings. The van der Waals surface area contributed by atoms with Gasteiger partial charge in [0.15, 0.2) is 0 Å². The Morgan fingerprint density at radius 1 is 1.33 bits per heavy atom. The molecule has 0 aliphatic heterocycles. The molecule has 0 saturated heterocycles. The number of benzene rings is 1. The van der Waals surface area contributed by atoms with Crippen molar-refractivity contribution < 1.29 is 17.9 Å². The van der Waals surface area contributed by atoms with Gasteiger partial charge in [0.05, 0.1) is 11.9 Å².